The fraction of sp³-hybridized carbons (Fsp3) is 0.316. The van der Waals surface area contributed by atoms with E-state index in [1.54, 1.807) is 23.2 Å². The maximum Gasteiger partial charge on any atom is 0.304 e. The molecule has 0 spiro atoms. The highest BCUT2D eigenvalue weighted by Gasteiger charge is 2.38. The number of hydrogen-bond donors (Lipinski definition) is 1. The average Bonchev–Trinajstić information content (AvgIpc) is 2.57. The molecule has 6 heteroatoms. The lowest BCUT2D eigenvalue weighted by Crippen LogP contribution is -2.44. The molecule has 2 atom stereocenters. The summed E-state index contributed by atoms with van der Waals surface area (Å²) in [5.41, 5.74) is 1.96. The van der Waals surface area contributed by atoms with Crippen molar-refractivity contribution in [3.05, 3.63) is 58.7 Å². The van der Waals surface area contributed by atoms with Gasteiger partial charge in [-0.2, -0.15) is 0 Å². The Hall–Kier alpha value is -2.40. The zero-order chi connectivity index (χ0) is 18.0. The minimum absolute atomic E-state index is 0.158. The second kappa shape index (κ2) is 7.23. The normalized spacial score (nSPS) is 20.6. The molecule has 2 unspecified atom stereocenters. The molecule has 1 N–H and O–H groups in total. The van der Waals surface area contributed by atoms with Crippen molar-refractivity contribution in [1.82, 2.24) is 4.98 Å². The van der Waals surface area contributed by atoms with E-state index in [0.29, 0.717) is 23.7 Å². The zero-order valence-corrected chi connectivity index (χ0v) is 14.6. The predicted octanol–water partition coefficient (Wildman–Crippen LogP) is 4.00. The van der Waals surface area contributed by atoms with Crippen LogP contribution in [0.2, 0.25) is 5.02 Å². The number of nitrogens with zero attached hydrogens (tertiary/aromatic N) is 2. The van der Waals surface area contributed by atoms with Crippen LogP contribution in [0.25, 0.3) is 0 Å². The van der Waals surface area contributed by atoms with Gasteiger partial charge in [0.15, 0.2) is 0 Å². The topological polar surface area (TPSA) is 70.5 Å². The molecule has 1 amide bonds. The van der Waals surface area contributed by atoms with Crippen LogP contribution in [0.3, 0.4) is 0 Å². The molecule has 0 aliphatic carbocycles. The number of pyridine rings is 1. The van der Waals surface area contributed by atoms with E-state index in [1.807, 2.05) is 31.2 Å². The molecule has 0 bridgehead atoms. The van der Waals surface area contributed by atoms with Crippen molar-refractivity contribution in [3.63, 3.8) is 0 Å². The highest BCUT2D eigenvalue weighted by molar-refractivity contribution is 6.30. The molecule has 1 fully saturated rings. The van der Waals surface area contributed by atoms with Gasteiger partial charge in [0.05, 0.1) is 12.5 Å². The summed E-state index contributed by atoms with van der Waals surface area (Å²) in [5, 5.41) is 9.73. The summed E-state index contributed by atoms with van der Waals surface area (Å²) in [7, 11) is 0. The van der Waals surface area contributed by atoms with Gasteiger partial charge >= 0.3 is 5.97 Å². The standard InChI is InChI=1S/C19H19ClN2O3/c1-12-8-9-21-17(10-12)22-16(13-2-5-15(20)6-3-13)7-4-14(19(22)25)11-18(23)24/h2-3,5-6,8-10,14,16H,4,7,11H2,1H3,(H,23,24). The fourth-order valence-corrected chi connectivity index (χ4v) is 3.41. The van der Waals surface area contributed by atoms with Crippen LogP contribution in [0, 0.1) is 12.8 Å². The lowest BCUT2D eigenvalue weighted by molar-refractivity contribution is -0.141. The number of carbonyl (C=O) groups is 2. The Bertz CT molecular complexity index is 792. The Morgan fingerprint density at radius 1 is 1.28 bits per heavy atom. The molecule has 1 aliphatic heterocycles. The van der Waals surface area contributed by atoms with Crippen LogP contribution in [0.4, 0.5) is 5.82 Å². The van der Waals surface area contributed by atoms with Gasteiger partial charge < -0.3 is 5.11 Å². The number of carboxylic acids is 1. The van der Waals surface area contributed by atoms with Gasteiger partial charge in [-0.15, -0.1) is 0 Å². The fourth-order valence-electron chi connectivity index (χ4n) is 3.29. The van der Waals surface area contributed by atoms with Crippen LogP contribution in [0.5, 0.6) is 0 Å². The second-order valence-electron chi connectivity index (χ2n) is 6.34. The summed E-state index contributed by atoms with van der Waals surface area (Å²) in [6.45, 7) is 1.94. The molecule has 3 rings (SSSR count). The number of amides is 1. The van der Waals surface area contributed by atoms with Crippen molar-refractivity contribution in [3.8, 4) is 0 Å². The SMILES string of the molecule is Cc1ccnc(N2C(=O)C(CC(=O)O)CCC2c2ccc(Cl)cc2)c1. The number of aliphatic carboxylic acids is 1. The number of aromatic nitrogens is 1. The number of aryl methyl sites for hydroxylation is 1. The van der Waals surface area contributed by atoms with E-state index in [1.165, 1.54) is 0 Å². The van der Waals surface area contributed by atoms with Crippen LogP contribution in [-0.4, -0.2) is 22.0 Å². The zero-order valence-electron chi connectivity index (χ0n) is 13.9. The molecule has 130 valence electrons. The number of carbonyl (C=O) groups excluding carboxylic acids is 1. The molecule has 1 aromatic carbocycles. The lowest BCUT2D eigenvalue weighted by Gasteiger charge is -2.38. The molecular weight excluding hydrogens is 340 g/mol. The molecule has 5 nitrogen and oxygen atoms in total. The summed E-state index contributed by atoms with van der Waals surface area (Å²) in [6.07, 6.45) is 2.73. The molecule has 25 heavy (non-hydrogen) atoms. The smallest absolute Gasteiger partial charge is 0.304 e. The Labute approximate surface area is 151 Å². The van der Waals surface area contributed by atoms with Crippen LogP contribution < -0.4 is 4.90 Å². The van der Waals surface area contributed by atoms with Gasteiger partial charge in [-0.1, -0.05) is 23.7 Å². The molecule has 2 heterocycles. The number of rotatable bonds is 4. The summed E-state index contributed by atoms with van der Waals surface area (Å²) < 4.78 is 0. The molecular formula is C19H19ClN2O3. The lowest BCUT2D eigenvalue weighted by atomic mass is 9.86. The van der Waals surface area contributed by atoms with Crippen molar-refractivity contribution in [1.29, 1.82) is 0 Å². The number of benzene rings is 1. The first-order chi connectivity index (χ1) is 12.0. The Morgan fingerprint density at radius 2 is 2.00 bits per heavy atom. The minimum Gasteiger partial charge on any atom is -0.481 e. The molecule has 1 saturated heterocycles. The predicted molar refractivity (Wildman–Crippen MR) is 95.6 cm³/mol. The van der Waals surface area contributed by atoms with Crippen molar-refractivity contribution in [2.75, 3.05) is 4.90 Å². The van der Waals surface area contributed by atoms with Gasteiger partial charge in [0, 0.05) is 17.1 Å². The van der Waals surface area contributed by atoms with Crippen molar-refractivity contribution in [2.45, 2.75) is 32.2 Å². The first-order valence-electron chi connectivity index (χ1n) is 8.18. The van der Waals surface area contributed by atoms with Gasteiger partial charge in [0.25, 0.3) is 0 Å². The maximum absolute atomic E-state index is 13.0. The number of carboxylic acid groups (broad SMARTS) is 1. The third kappa shape index (κ3) is 3.82. The van der Waals surface area contributed by atoms with Crippen molar-refractivity contribution in [2.24, 2.45) is 5.92 Å². The molecule has 2 aromatic rings. The molecule has 0 radical (unpaired) electrons. The second-order valence-corrected chi connectivity index (χ2v) is 6.78. The average molecular weight is 359 g/mol. The maximum atomic E-state index is 13.0. The Balaban J connectivity index is 2.00. The van der Waals surface area contributed by atoms with Gasteiger partial charge in [0.1, 0.15) is 5.82 Å². The van der Waals surface area contributed by atoms with Crippen molar-refractivity contribution < 1.29 is 14.7 Å². The monoisotopic (exact) mass is 358 g/mol. The summed E-state index contributed by atoms with van der Waals surface area (Å²) >= 11 is 5.98. The highest BCUT2D eigenvalue weighted by atomic mass is 35.5. The third-order valence-electron chi connectivity index (χ3n) is 4.51. The number of hydrogen-bond acceptors (Lipinski definition) is 3. The van der Waals surface area contributed by atoms with E-state index in [9.17, 15) is 9.59 Å². The number of anilines is 1. The van der Waals surface area contributed by atoms with E-state index < -0.39 is 11.9 Å². The van der Waals surface area contributed by atoms with Crippen LogP contribution in [-0.2, 0) is 9.59 Å². The van der Waals surface area contributed by atoms with E-state index in [4.69, 9.17) is 16.7 Å². The molecule has 0 saturated carbocycles. The largest absolute Gasteiger partial charge is 0.481 e. The molecule has 1 aliphatic rings. The van der Waals surface area contributed by atoms with Gasteiger partial charge in [-0.3, -0.25) is 14.5 Å². The first kappa shape index (κ1) is 17.4. The summed E-state index contributed by atoms with van der Waals surface area (Å²) in [6, 6.07) is 10.9. The van der Waals surface area contributed by atoms with Gasteiger partial charge in [-0.05, 0) is 55.2 Å². The van der Waals surface area contributed by atoms with Crippen LogP contribution in [0.1, 0.15) is 36.4 Å². The van der Waals surface area contributed by atoms with E-state index in [0.717, 1.165) is 11.1 Å². The Kier molecular flexibility index (Phi) is 5.04. The summed E-state index contributed by atoms with van der Waals surface area (Å²) in [5.74, 6) is -1.12. The number of halogens is 1. The van der Waals surface area contributed by atoms with E-state index >= 15 is 0 Å². The minimum atomic E-state index is -0.958. The first-order valence-corrected chi connectivity index (χ1v) is 8.56. The molecule has 1 aromatic heterocycles. The van der Waals surface area contributed by atoms with Crippen LogP contribution in [0.15, 0.2) is 42.6 Å². The van der Waals surface area contributed by atoms with E-state index in [2.05, 4.69) is 4.98 Å². The van der Waals surface area contributed by atoms with Gasteiger partial charge in [-0.25, -0.2) is 4.98 Å². The highest BCUT2D eigenvalue weighted by Crippen LogP contribution is 2.38. The summed E-state index contributed by atoms with van der Waals surface area (Å²) in [4.78, 5) is 30.1. The van der Waals surface area contributed by atoms with E-state index in [-0.39, 0.29) is 18.4 Å². The Morgan fingerprint density at radius 3 is 2.64 bits per heavy atom. The van der Waals surface area contributed by atoms with Crippen LogP contribution >= 0.6 is 11.6 Å². The third-order valence-corrected chi connectivity index (χ3v) is 4.76. The quantitative estimate of drug-likeness (QED) is 0.896. The number of piperidine rings is 1. The van der Waals surface area contributed by atoms with Gasteiger partial charge in [0.2, 0.25) is 5.91 Å². The van der Waals surface area contributed by atoms with Crippen molar-refractivity contribution >= 4 is 29.3 Å².